The molecule has 0 aliphatic heterocycles. The molecule has 1 heterocycles. The number of aromatic nitrogens is 2. The molecule has 7 heteroatoms. The SMILES string of the molecule is Cc1cc(=O)n(-c2ccc(Cl)c(C(=O)OC(C)C)c2)c(=S)[nH]1. The van der Waals surface area contributed by atoms with Crippen molar-refractivity contribution in [2.75, 3.05) is 0 Å². The van der Waals surface area contributed by atoms with Crippen molar-refractivity contribution in [2.24, 2.45) is 0 Å². The molecule has 0 unspecified atom stereocenters. The Morgan fingerprint density at radius 3 is 2.64 bits per heavy atom. The first-order valence-corrected chi connectivity index (χ1v) is 7.42. The molecule has 0 atom stereocenters. The highest BCUT2D eigenvalue weighted by molar-refractivity contribution is 7.71. The van der Waals surface area contributed by atoms with E-state index in [0.717, 1.165) is 0 Å². The number of rotatable bonds is 3. The summed E-state index contributed by atoms with van der Waals surface area (Å²) in [6.45, 7) is 5.24. The Kier molecular flexibility index (Phi) is 4.83. The van der Waals surface area contributed by atoms with Crippen molar-refractivity contribution in [2.45, 2.75) is 26.9 Å². The molecule has 1 aromatic heterocycles. The number of halogens is 1. The third-order valence-electron chi connectivity index (χ3n) is 2.84. The largest absolute Gasteiger partial charge is 0.459 e. The second-order valence-electron chi connectivity index (χ2n) is 5.05. The molecule has 1 aromatic carbocycles. The number of nitrogens with zero attached hydrogens (tertiary/aromatic N) is 1. The molecule has 0 saturated carbocycles. The molecule has 0 amide bonds. The van der Waals surface area contributed by atoms with Crippen molar-refractivity contribution in [3.8, 4) is 5.69 Å². The summed E-state index contributed by atoms with van der Waals surface area (Å²) in [6, 6.07) is 6.08. The van der Waals surface area contributed by atoms with E-state index in [-0.39, 0.29) is 27.0 Å². The summed E-state index contributed by atoms with van der Waals surface area (Å²) in [4.78, 5) is 27.1. The van der Waals surface area contributed by atoms with Crippen LogP contribution in [-0.2, 0) is 4.74 Å². The van der Waals surface area contributed by atoms with Gasteiger partial charge in [0, 0.05) is 11.8 Å². The first kappa shape index (κ1) is 16.5. The molecule has 0 aliphatic rings. The Balaban J connectivity index is 2.58. The number of aryl methyl sites for hydroxylation is 1. The fraction of sp³-hybridized carbons (Fsp3) is 0.267. The normalized spacial score (nSPS) is 10.8. The minimum atomic E-state index is -0.545. The van der Waals surface area contributed by atoms with Crippen LogP contribution in [0, 0.1) is 11.7 Å². The Labute approximate surface area is 137 Å². The highest BCUT2D eigenvalue weighted by Crippen LogP contribution is 2.21. The lowest BCUT2D eigenvalue weighted by atomic mass is 10.2. The second kappa shape index (κ2) is 6.46. The number of hydrogen-bond donors (Lipinski definition) is 1. The Hall–Kier alpha value is -1.92. The summed E-state index contributed by atoms with van der Waals surface area (Å²) < 4.78 is 6.69. The van der Waals surface area contributed by atoms with Gasteiger partial charge in [-0.1, -0.05) is 11.6 Å². The molecule has 0 spiro atoms. The minimum Gasteiger partial charge on any atom is -0.459 e. The molecule has 22 heavy (non-hydrogen) atoms. The number of hydrogen-bond acceptors (Lipinski definition) is 4. The van der Waals surface area contributed by atoms with E-state index >= 15 is 0 Å². The van der Waals surface area contributed by atoms with Crippen LogP contribution in [0.5, 0.6) is 0 Å². The van der Waals surface area contributed by atoms with Crippen molar-refractivity contribution >= 4 is 29.8 Å². The fourth-order valence-electron chi connectivity index (χ4n) is 1.94. The summed E-state index contributed by atoms with van der Waals surface area (Å²) in [5, 5.41) is 0.254. The van der Waals surface area contributed by atoms with Crippen LogP contribution < -0.4 is 5.56 Å². The average molecular weight is 339 g/mol. The molecule has 2 aromatic rings. The van der Waals surface area contributed by atoms with Gasteiger partial charge in [0.25, 0.3) is 5.56 Å². The van der Waals surface area contributed by atoms with Crippen LogP contribution in [-0.4, -0.2) is 21.6 Å². The quantitative estimate of drug-likeness (QED) is 0.688. The van der Waals surface area contributed by atoms with Gasteiger partial charge in [0.05, 0.1) is 22.4 Å². The van der Waals surface area contributed by atoms with E-state index in [1.807, 2.05) is 0 Å². The zero-order valence-electron chi connectivity index (χ0n) is 12.3. The highest BCUT2D eigenvalue weighted by Gasteiger charge is 2.15. The lowest BCUT2D eigenvalue weighted by molar-refractivity contribution is 0.0378. The number of esters is 1. The van der Waals surface area contributed by atoms with E-state index < -0.39 is 5.97 Å². The predicted octanol–water partition coefficient (Wildman–Crippen LogP) is 3.42. The lowest BCUT2D eigenvalue weighted by Crippen LogP contribution is -2.20. The maximum atomic E-state index is 12.1. The number of H-pyrrole nitrogens is 1. The molecule has 0 radical (unpaired) electrons. The lowest BCUT2D eigenvalue weighted by Gasteiger charge is -2.12. The maximum absolute atomic E-state index is 12.1. The van der Waals surface area contributed by atoms with Crippen LogP contribution in [0.4, 0.5) is 0 Å². The third kappa shape index (κ3) is 3.45. The predicted molar refractivity (Wildman–Crippen MR) is 87.5 cm³/mol. The van der Waals surface area contributed by atoms with Crippen molar-refractivity contribution in [3.05, 3.63) is 55.7 Å². The number of aromatic amines is 1. The minimum absolute atomic E-state index is 0.190. The first-order valence-electron chi connectivity index (χ1n) is 6.63. The molecule has 0 fully saturated rings. The Bertz CT molecular complexity index is 808. The van der Waals surface area contributed by atoms with E-state index in [0.29, 0.717) is 11.4 Å². The molecular formula is C15H15ClN2O3S. The van der Waals surface area contributed by atoms with Gasteiger partial charge in [-0.05, 0) is 51.2 Å². The molecule has 1 N–H and O–H groups in total. The van der Waals surface area contributed by atoms with E-state index in [2.05, 4.69) is 4.98 Å². The molecule has 0 bridgehead atoms. The zero-order valence-corrected chi connectivity index (χ0v) is 13.9. The number of nitrogens with one attached hydrogen (secondary N) is 1. The van der Waals surface area contributed by atoms with Gasteiger partial charge >= 0.3 is 5.97 Å². The summed E-state index contributed by atoms with van der Waals surface area (Å²) in [7, 11) is 0. The molecule has 0 aliphatic carbocycles. The van der Waals surface area contributed by atoms with Crippen LogP contribution in [0.3, 0.4) is 0 Å². The van der Waals surface area contributed by atoms with E-state index in [9.17, 15) is 9.59 Å². The van der Waals surface area contributed by atoms with E-state index in [4.69, 9.17) is 28.6 Å². The second-order valence-corrected chi connectivity index (χ2v) is 5.84. The highest BCUT2D eigenvalue weighted by atomic mass is 35.5. The van der Waals surface area contributed by atoms with Gasteiger partial charge in [0.15, 0.2) is 4.77 Å². The molecule has 116 valence electrons. The number of ether oxygens (including phenoxy) is 1. The van der Waals surface area contributed by atoms with Crippen molar-refractivity contribution < 1.29 is 9.53 Å². The molecule has 2 rings (SSSR count). The monoisotopic (exact) mass is 338 g/mol. The van der Waals surface area contributed by atoms with Crippen LogP contribution in [0.15, 0.2) is 29.1 Å². The number of benzene rings is 1. The topological polar surface area (TPSA) is 64.1 Å². The van der Waals surface area contributed by atoms with Gasteiger partial charge in [0.2, 0.25) is 0 Å². The summed E-state index contributed by atoms with van der Waals surface area (Å²) in [5.74, 6) is -0.545. The van der Waals surface area contributed by atoms with Gasteiger partial charge in [-0.2, -0.15) is 0 Å². The maximum Gasteiger partial charge on any atom is 0.339 e. The average Bonchev–Trinajstić information content (AvgIpc) is 2.38. The van der Waals surface area contributed by atoms with Gasteiger partial charge in [0.1, 0.15) is 0 Å². The molecule has 0 saturated heterocycles. The van der Waals surface area contributed by atoms with E-state index in [1.54, 1.807) is 26.8 Å². The zero-order chi connectivity index (χ0) is 16.4. The fourth-order valence-corrected chi connectivity index (χ4v) is 2.49. The van der Waals surface area contributed by atoms with Crippen LogP contribution in [0.1, 0.15) is 29.9 Å². The van der Waals surface area contributed by atoms with Crippen molar-refractivity contribution in [1.29, 1.82) is 0 Å². The van der Waals surface area contributed by atoms with E-state index in [1.165, 1.54) is 22.8 Å². The van der Waals surface area contributed by atoms with Crippen molar-refractivity contribution in [1.82, 2.24) is 9.55 Å². The first-order chi connectivity index (χ1) is 10.3. The van der Waals surface area contributed by atoms with Gasteiger partial charge < -0.3 is 9.72 Å². The smallest absolute Gasteiger partial charge is 0.339 e. The summed E-state index contributed by atoms with van der Waals surface area (Å²) in [6.07, 6.45) is -0.267. The standard InChI is InChI=1S/C15H15ClN2O3S/c1-8(2)21-14(20)11-7-10(4-5-12(11)16)18-13(19)6-9(3)17-15(18)22/h4-8H,1-3H3,(H,17,22). The van der Waals surface area contributed by atoms with Gasteiger partial charge in [-0.25, -0.2) is 4.79 Å². The summed E-state index contributed by atoms with van der Waals surface area (Å²) in [5.41, 5.74) is 1.02. The molecular weight excluding hydrogens is 324 g/mol. The van der Waals surface area contributed by atoms with Crippen LogP contribution in [0.25, 0.3) is 5.69 Å². The number of carbonyl (C=O) groups is 1. The summed E-state index contributed by atoms with van der Waals surface area (Å²) >= 11 is 11.2. The van der Waals surface area contributed by atoms with Crippen LogP contribution in [0.2, 0.25) is 5.02 Å². The number of carbonyl (C=O) groups excluding carboxylic acids is 1. The Morgan fingerprint density at radius 1 is 1.36 bits per heavy atom. The Morgan fingerprint density at radius 2 is 2.05 bits per heavy atom. The molecule has 5 nitrogen and oxygen atoms in total. The van der Waals surface area contributed by atoms with Gasteiger partial charge in [-0.3, -0.25) is 9.36 Å². The van der Waals surface area contributed by atoms with Gasteiger partial charge in [-0.15, -0.1) is 0 Å². The van der Waals surface area contributed by atoms with Crippen LogP contribution >= 0.6 is 23.8 Å². The third-order valence-corrected chi connectivity index (χ3v) is 3.45. The van der Waals surface area contributed by atoms with Crippen molar-refractivity contribution in [3.63, 3.8) is 0 Å².